The number of nitrogens with zero attached hydrogens (tertiary/aromatic N) is 3. The molecular formula is C13H25N5S. The maximum Gasteiger partial charge on any atom is 0.147 e. The first-order valence-electron chi connectivity index (χ1n) is 6.85. The van der Waals surface area contributed by atoms with Gasteiger partial charge in [-0.2, -0.15) is 0 Å². The molecule has 108 valence electrons. The molecule has 1 heterocycles. The Bertz CT molecular complexity index is 393. The van der Waals surface area contributed by atoms with E-state index >= 15 is 0 Å². The van der Waals surface area contributed by atoms with E-state index < -0.39 is 0 Å². The second-order valence-corrected chi connectivity index (χ2v) is 5.38. The highest BCUT2D eigenvalue weighted by atomic mass is 32.2. The minimum Gasteiger partial charge on any atom is -0.308 e. The van der Waals surface area contributed by atoms with Crippen molar-refractivity contribution in [2.75, 3.05) is 30.8 Å². The van der Waals surface area contributed by atoms with Crippen molar-refractivity contribution in [2.24, 2.45) is 5.84 Å². The van der Waals surface area contributed by atoms with Crippen LogP contribution in [0.4, 0.5) is 5.82 Å². The Morgan fingerprint density at radius 1 is 1.21 bits per heavy atom. The molecule has 0 aliphatic rings. The van der Waals surface area contributed by atoms with Crippen molar-refractivity contribution < 1.29 is 0 Å². The third-order valence-electron chi connectivity index (χ3n) is 3.14. The SMILES string of the molecule is CCc1nc(NN)c(C)c(SCCN(CC)CC)n1. The number of anilines is 1. The number of thioether (sulfide) groups is 1. The fourth-order valence-electron chi connectivity index (χ4n) is 1.79. The number of nitrogens with one attached hydrogen (secondary N) is 1. The highest BCUT2D eigenvalue weighted by Gasteiger charge is 2.10. The maximum atomic E-state index is 5.51. The molecule has 0 aliphatic carbocycles. The van der Waals surface area contributed by atoms with Crippen molar-refractivity contribution in [1.29, 1.82) is 0 Å². The van der Waals surface area contributed by atoms with E-state index in [9.17, 15) is 0 Å². The van der Waals surface area contributed by atoms with Gasteiger partial charge in [-0.1, -0.05) is 20.8 Å². The van der Waals surface area contributed by atoms with E-state index in [1.807, 2.05) is 6.92 Å². The lowest BCUT2D eigenvalue weighted by atomic mass is 10.3. The van der Waals surface area contributed by atoms with Crippen molar-refractivity contribution >= 4 is 17.6 Å². The summed E-state index contributed by atoms with van der Waals surface area (Å²) >= 11 is 1.78. The first-order chi connectivity index (χ1) is 9.15. The lowest BCUT2D eigenvalue weighted by Crippen LogP contribution is -2.25. The van der Waals surface area contributed by atoms with Crippen molar-refractivity contribution in [1.82, 2.24) is 14.9 Å². The van der Waals surface area contributed by atoms with Crippen LogP contribution in [0, 0.1) is 6.92 Å². The average molecular weight is 283 g/mol. The van der Waals surface area contributed by atoms with Gasteiger partial charge in [0.1, 0.15) is 16.7 Å². The quantitative estimate of drug-likeness (QED) is 0.329. The number of hydrazine groups is 1. The van der Waals surface area contributed by atoms with Crippen molar-refractivity contribution in [3.05, 3.63) is 11.4 Å². The van der Waals surface area contributed by atoms with Gasteiger partial charge in [0.25, 0.3) is 0 Å². The fourth-order valence-corrected chi connectivity index (χ4v) is 2.82. The predicted molar refractivity (Wildman–Crippen MR) is 82.5 cm³/mol. The molecule has 6 heteroatoms. The first kappa shape index (κ1) is 16.2. The molecule has 3 N–H and O–H groups in total. The van der Waals surface area contributed by atoms with Gasteiger partial charge < -0.3 is 10.3 Å². The van der Waals surface area contributed by atoms with Crippen LogP contribution >= 0.6 is 11.8 Å². The molecule has 5 nitrogen and oxygen atoms in total. The third-order valence-corrected chi connectivity index (χ3v) is 4.20. The zero-order valence-corrected chi connectivity index (χ0v) is 13.2. The minimum atomic E-state index is 0.734. The Hall–Kier alpha value is -0.850. The van der Waals surface area contributed by atoms with Gasteiger partial charge in [-0.25, -0.2) is 15.8 Å². The fraction of sp³-hybridized carbons (Fsp3) is 0.692. The molecule has 0 amide bonds. The molecule has 19 heavy (non-hydrogen) atoms. The van der Waals surface area contributed by atoms with Gasteiger partial charge in [0.2, 0.25) is 0 Å². The number of aromatic nitrogens is 2. The molecule has 1 aromatic heterocycles. The van der Waals surface area contributed by atoms with Gasteiger partial charge in [0.05, 0.1) is 0 Å². The number of nitrogen functional groups attached to an aromatic ring is 1. The Labute approximate surface area is 120 Å². The molecule has 0 spiro atoms. The summed E-state index contributed by atoms with van der Waals surface area (Å²) in [6.07, 6.45) is 0.818. The molecule has 1 rings (SSSR count). The van der Waals surface area contributed by atoms with Gasteiger partial charge in [-0.05, 0) is 20.0 Å². The second kappa shape index (κ2) is 8.35. The van der Waals surface area contributed by atoms with Crippen LogP contribution in [0.1, 0.15) is 32.2 Å². The topological polar surface area (TPSA) is 67.1 Å². The van der Waals surface area contributed by atoms with Crippen LogP contribution in [0.5, 0.6) is 0 Å². The summed E-state index contributed by atoms with van der Waals surface area (Å²) < 4.78 is 0. The number of nitrogens with two attached hydrogens (primary N) is 1. The lowest BCUT2D eigenvalue weighted by Gasteiger charge is -2.17. The van der Waals surface area contributed by atoms with Gasteiger partial charge >= 0.3 is 0 Å². The number of aryl methyl sites for hydroxylation is 1. The van der Waals surface area contributed by atoms with Crippen LogP contribution in [-0.4, -0.2) is 40.3 Å². The third kappa shape index (κ3) is 4.63. The zero-order valence-electron chi connectivity index (χ0n) is 12.4. The van der Waals surface area contributed by atoms with Crippen LogP contribution < -0.4 is 11.3 Å². The second-order valence-electron chi connectivity index (χ2n) is 4.29. The van der Waals surface area contributed by atoms with Crippen LogP contribution in [0.3, 0.4) is 0 Å². The van der Waals surface area contributed by atoms with Gasteiger partial charge in [-0.3, -0.25) is 0 Å². The van der Waals surface area contributed by atoms with E-state index in [-0.39, 0.29) is 0 Å². The van der Waals surface area contributed by atoms with E-state index in [2.05, 4.69) is 41.1 Å². The summed E-state index contributed by atoms with van der Waals surface area (Å²) in [5, 5.41) is 1.03. The first-order valence-corrected chi connectivity index (χ1v) is 7.84. The minimum absolute atomic E-state index is 0.734. The van der Waals surface area contributed by atoms with E-state index in [1.54, 1.807) is 11.8 Å². The molecule has 0 saturated carbocycles. The summed E-state index contributed by atoms with van der Waals surface area (Å²) in [5.74, 6) is 8.11. The number of hydrogen-bond donors (Lipinski definition) is 2. The molecule has 0 bridgehead atoms. The highest BCUT2D eigenvalue weighted by Crippen LogP contribution is 2.24. The Morgan fingerprint density at radius 2 is 1.89 bits per heavy atom. The summed E-state index contributed by atoms with van der Waals surface area (Å²) in [6.45, 7) is 11.7. The summed E-state index contributed by atoms with van der Waals surface area (Å²) in [4.78, 5) is 11.4. The molecule has 1 aromatic rings. The molecule has 0 aromatic carbocycles. The largest absolute Gasteiger partial charge is 0.308 e. The molecule has 0 unspecified atom stereocenters. The molecule has 0 fully saturated rings. The Morgan fingerprint density at radius 3 is 2.42 bits per heavy atom. The van der Waals surface area contributed by atoms with Crippen LogP contribution in [0.15, 0.2) is 5.03 Å². The standard InChI is InChI=1S/C13H25N5S/c1-5-11-15-12(17-14)10(4)13(16-11)19-9-8-18(6-2)7-3/h5-9,14H2,1-4H3,(H,15,16,17). The predicted octanol–water partition coefficient (Wildman–Crippen LogP) is 2.07. The molecule has 0 saturated heterocycles. The Balaban J connectivity index is 2.71. The molecule has 0 atom stereocenters. The van der Waals surface area contributed by atoms with E-state index in [4.69, 9.17) is 5.84 Å². The number of rotatable bonds is 8. The summed E-state index contributed by atoms with van der Waals surface area (Å²) in [6, 6.07) is 0. The smallest absolute Gasteiger partial charge is 0.147 e. The Kier molecular flexibility index (Phi) is 7.12. The van der Waals surface area contributed by atoms with Crippen molar-refractivity contribution in [2.45, 2.75) is 39.1 Å². The normalized spacial score (nSPS) is 11.1. The lowest BCUT2D eigenvalue weighted by molar-refractivity contribution is 0.324. The van der Waals surface area contributed by atoms with E-state index in [0.717, 1.165) is 54.0 Å². The highest BCUT2D eigenvalue weighted by molar-refractivity contribution is 7.99. The number of hydrogen-bond acceptors (Lipinski definition) is 6. The zero-order chi connectivity index (χ0) is 14.3. The van der Waals surface area contributed by atoms with Crippen LogP contribution in [-0.2, 0) is 6.42 Å². The average Bonchev–Trinajstić information content (AvgIpc) is 2.45. The maximum absolute atomic E-state index is 5.51. The van der Waals surface area contributed by atoms with Gasteiger partial charge in [0.15, 0.2) is 0 Å². The monoisotopic (exact) mass is 283 g/mol. The van der Waals surface area contributed by atoms with Crippen molar-refractivity contribution in [3.8, 4) is 0 Å². The molecular weight excluding hydrogens is 258 g/mol. The van der Waals surface area contributed by atoms with Crippen LogP contribution in [0.2, 0.25) is 0 Å². The van der Waals surface area contributed by atoms with Crippen LogP contribution in [0.25, 0.3) is 0 Å². The van der Waals surface area contributed by atoms with E-state index in [1.165, 1.54) is 0 Å². The van der Waals surface area contributed by atoms with Gasteiger partial charge in [-0.15, -0.1) is 11.8 Å². The van der Waals surface area contributed by atoms with Gasteiger partial charge in [0, 0.05) is 24.3 Å². The molecule has 0 radical (unpaired) electrons. The molecule has 0 aliphatic heterocycles. The van der Waals surface area contributed by atoms with E-state index in [0.29, 0.717) is 0 Å². The summed E-state index contributed by atoms with van der Waals surface area (Å²) in [7, 11) is 0. The van der Waals surface area contributed by atoms with Crippen molar-refractivity contribution in [3.63, 3.8) is 0 Å². The summed E-state index contributed by atoms with van der Waals surface area (Å²) in [5.41, 5.74) is 3.69.